The molecule has 2 nitrogen and oxygen atoms in total. The molecule has 1 heterocycles. The summed E-state index contributed by atoms with van der Waals surface area (Å²) in [6.07, 6.45) is 6.98. The highest BCUT2D eigenvalue weighted by molar-refractivity contribution is 5.01. The van der Waals surface area contributed by atoms with Crippen LogP contribution in [0.4, 0.5) is 0 Å². The minimum atomic E-state index is 0.524. The molecule has 1 atom stereocenters. The topological polar surface area (TPSA) is 15.3 Å². The van der Waals surface area contributed by atoms with Crippen LogP contribution < -0.4 is 5.32 Å². The maximum atomic E-state index is 3.76. The predicted molar refractivity (Wildman–Crippen MR) is 69.7 cm³/mol. The van der Waals surface area contributed by atoms with Crippen molar-refractivity contribution < 1.29 is 0 Å². The van der Waals surface area contributed by atoms with E-state index in [1.165, 1.54) is 51.7 Å². The van der Waals surface area contributed by atoms with Crippen molar-refractivity contribution in [2.24, 2.45) is 5.92 Å². The van der Waals surface area contributed by atoms with Gasteiger partial charge in [-0.1, -0.05) is 33.6 Å². The molecule has 0 aromatic carbocycles. The molecule has 2 heteroatoms. The third kappa shape index (κ3) is 2.43. The largest absolute Gasteiger partial charge is 0.311 e. The Morgan fingerprint density at radius 3 is 2.56 bits per heavy atom. The van der Waals surface area contributed by atoms with Gasteiger partial charge in [0.25, 0.3) is 0 Å². The zero-order valence-electron chi connectivity index (χ0n) is 11.3. The summed E-state index contributed by atoms with van der Waals surface area (Å²) in [4.78, 5) is 2.81. The van der Waals surface area contributed by atoms with Gasteiger partial charge < -0.3 is 5.32 Å². The summed E-state index contributed by atoms with van der Waals surface area (Å²) < 4.78 is 0. The molecule has 1 unspecified atom stereocenters. The fourth-order valence-corrected chi connectivity index (χ4v) is 3.48. The van der Waals surface area contributed by atoms with Gasteiger partial charge in [0.15, 0.2) is 0 Å². The van der Waals surface area contributed by atoms with E-state index in [1.54, 1.807) is 0 Å². The van der Waals surface area contributed by atoms with E-state index in [4.69, 9.17) is 0 Å². The molecule has 2 fully saturated rings. The molecule has 1 saturated carbocycles. The second kappa shape index (κ2) is 5.05. The first-order valence-electron chi connectivity index (χ1n) is 7.15. The molecule has 1 aliphatic heterocycles. The van der Waals surface area contributed by atoms with Crippen LogP contribution in [0, 0.1) is 5.92 Å². The Hall–Kier alpha value is -0.0800. The number of nitrogens with one attached hydrogen (secondary N) is 1. The smallest absolute Gasteiger partial charge is 0.0334 e. The standard InChI is InChI=1S/C14H28N2/c1-4-13-10-16(9-12(2)3)14(11-15-13)7-5-6-8-14/h12-13,15H,4-11H2,1-3H3. The number of rotatable bonds is 3. The van der Waals surface area contributed by atoms with E-state index in [0.717, 1.165) is 12.0 Å². The summed E-state index contributed by atoms with van der Waals surface area (Å²) in [6.45, 7) is 10.8. The van der Waals surface area contributed by atoms with Gasteiger partial charge in [-0.2, -0.15) is 0 Å². The Morgan fingerprint density at radius 1 is 1.31 bits per heavy atom. The Bertz CT molecular complexity index is 219. The van der Waals surface area contributed by atoms with E-state index < -0.39 is 0 Å². The van der Waals surface area contributed by atoms with E-state index >= 15 is 0 Å². The maximum absolute atomic E-state index is 3.76. The Labute approximate surface area is 101 Å². The number of nitrogens with zero attached hydrogens (tertiary/aromatic N) is 1. The van der Waals surface area contributed by atoms with Crippen molar-refractivity contribution in [1.29, 1.82) is 0 Å². The van der Waals surface area contributed by atoms with Crippen LogP contribution in [0.5, 0.6) is 0 Å². The van der Waals surface area contributed by atoms with Crippen LogP contribution in [0.3, 0.4) is 0 Å². The molecular formula is C14H28N2. The average molecular weight is 224 g/mol. The Balaban J connectivity index is 2.05. The molecule has 0 radical (unpaired) electrons. The summed E-state index contributed by atoms with van der Waals surface area (Å²) in [5.41, 5.74) is 0.524. The summed E-state index contributed by atoms with van der Waals surface area (Å²) in [5, 5.41) is 3.76. The molecule has 0 bridgehead atoms. The van der Waals surface area contributed by atoms with Crippen LogP contribution in [-0.2, 0) is 0 Å². The molecule has 0 aromatic heterocycles. The molecule has 1 N–H and O–H groups in total. The van der Waals surface area contributed by atoms with Crippen LogP contribution in [0.2, 0.25) is 0 Å². The summed E-state index contributed by atoms with van der Waals surface area (Å²) in [5.74, 6) is 0.799. The van der Waals surface area contributed by atoms with E-state index in [2.05, 4.69) is 31.0 Å². The van der Waals surface area contributed by atoms with Gasteiger partial charge in [0.1, 0.15) is 0 Å². The number of hydrogen-bond donors (Lipinski definition) is 1. The Morgan fingerprint density at radius 2 is 2.00 bits per heavy atom. The van der Waals surface area contributed by atoms with Crippen LogP contribution in [-0.4, -0.2) is 36.1 Å². The third-order valence-corrected chi connectivity index (χ3v) is 4.44. The first-order valence-corrected chi connectivity index (χ1v) is 7.15. The van der Waals surface area contributed by atoms with Gasteiger partial charge in [0.2, 0.25) is 0 Å². The summed E-state index contributed by atoms with van der Waals surface area (Å²) in [6, 6.07) is 0.727. The fraction of sp³-hybridized carbons (Fsp3) is 1.00. The van der Waals surface area contributed by atoms with Crippen molar-refractivity contribution in [3.05, 3.63) is 0 Å². The van der Waals surface area contributed by atoms with Crippen molar-refractivity contribution in [1.82, 2.24) is 10.2 Å². The highest BCUT2D eigenvalue weighted by atomic mass is 15.3. The number of hydrogen-bond acceptors (Lipinski definition) is 2. The maximum Gasteiger partial charge on any atom is 0.0334 e. The molecule has 1 aliphatic carbocycles. The molecule has 0 amide bonds. The second-order valence-electron chi connectivity index (χ2n) is 6.22. The minimum absolute atomic E-state index is 0.524. The molecule has 1 spiro atoms. The van der Waals surface area contributed by atoms with E-state index in [-0.39, 0.29) is 0 Å². The number of piperazine rings is 1. The van der Waals surface area contributed by atoms with Crippen LogP contribution in [0.15, 0.2) is 0 Å². The highest BCUT2D eigenvalue weighted by Crippen LogP contribution is 2.37. The van der Waals surface area contributed by atoms with Crippen molar-refractivity contribution in [3.8, 4) is 0 Å². The molecule has 2 aliphatic rings. The summed E-state index contributed by atoms with van der Waals surface area (Å²) >= 11 is 0. The van der Waals surface area contributed by atoms with E-state index in [1.807, 2.05) is 0 Å². The quantitative estimate of drug-likeness (QED) is 0.793. The highest BCUT2D eigenvalue weighted by Gasteiger charge is 2.42. The summed E-state index contributed by atoms with van der Waals surface area (Å²) in [7, 11) is 0. The molecule has 1 saturated heterocycles. The lowest BCUT2D eigenvalue weighted by Crippen LogP contribution is -2.64. The van der Waals surface area contributed by atoms with E-state index in [9.17, 15) is 0 Å². The second-order valence-corrected chi connectivity index (χ2v) is 6.22. The fourth-order valence-electron chi connectivity index (χ4n) is 3.48. The van der Waals surface area contributed by atoms with Gasteiger partial charge >= 0.3 is 0 Å². The lowest BCUT2D eigenvalue weighted by atomic mass is 9.89. The SMILES string of the molecule is CCC1CN(CC(C)C)C2(CCCC2)CN1. The van der Waals surface area contributed by atoms with Crippen LogP contribution in [0.25, 0.3) is 0 Å². The van der Waals surface area contributed by atoms with Gasteiger partial charge in [-0.05, 0) is 25.2 Å². The van der Waals surface area contributed by atoms with Gasteiger partial charge in [0, 0.05) is 31.2 Å². The zero-order chi connectivity index (χ0) is 11.6. The van der Waals surface area contributed by atoms with Crippen molar-refractivity contribution in [2.75, 3.05) is 19.6 Å². The molecular weight excluding hydrogens is 196 g/mol. The van der Waals surface area contributed by atoms with Gasteiger partial charge in [0.05, 0.1) is 0 Å². The zero-order valence-corrected chi connectivity index (χ0v) is 11.3. The normalized spacial score (nSPS) is 30.4. The van der Waals surface area contributed by atoms with Crippen molar-refractivity contribution in [2.45, 2.75) is 64.5 Å². The minimum Gasteiger partial charge on any atom is -0.311 e. The lowest BCUT2D eigenvalue weighted by Gasteiger charge is -2.49. The van der Waals surface area contributed by atoms with Crippen molar-refractivity contribution in [3.63, 3.8) is 0 Å². The Kier molecular flexibility index (Phi) is 3.91. The average Bonchev–Trinajstić information content (AvgIpc) is 2.71. The van der Waals surface area contributed by atoms with Gasteiger partial charge in [-0.15, -0.1) is 0 Å². The molecule has 94 valence electrons. The van der Waals surface area contributed by atoms with Gasteiger partial charge in [-0.3, -0.25) is 4.90 Å². The third-order valence-electron chi connectivity index (χ3n) is 4.44. The molecule has 0 aromatic rings. The molecule has 2 rings (SSSR count). The first-order chi connectivity index (χ1) is 7.66. The first kappa shape index (κ1) is 12.4. The van der Waals surface area contributed by atoms with Crippen LogP contribution >= 0.6 is 0 Å². The van der Waals surface area contributed by atoms with Crippen LogP contribution in [0.1, 0.15) is 52.9 Å². The lowest BCUT2D eigenvalue weighted by molar-refractivity contribution is 0.0324. The van der Waals surface area contributed by atoms with E-state index in [0.29, 0.717) is 5.54 Å². The monoisotopic (exact) mass is 224 g/mol. The van der Waals surface area contributed by atoms with Crippen molar-refractivity contribution >= 4 is 0 Å². The molecule has 16 heavy (non-hydrogen) atoms. The van der Waals surface area contributed by atoms with Gasteiger partial charge in [-0.25, -0.2) is 0 Å². The predicted octanol–water partition coefficient (Wildman–Crippen LogP) is 2.64.